The molecule has 0 spiro atoms. The van der Waals surface area contributed by atoms with Gasteiger partial charge in [-0.15, -0.1) is 0 Å². The Hall–Kier alpha value is -3.92. The Bertz CT molecular complexity index is 1280. The zero-order valence-electron chi connectivity index (χ0n) is 19.9. The molecule has 0 bridgehead atoms. The number of rotatable bonds is 8. The van der Waals surface area contributed by atoms with Crippen molar-refractivity contribution in [3.05, 3.63) is 58.9 Å². The average Bonchev–Trinajstić information content (AvgIpc) is 3.49. The van der Waals surface area contributed by atoms with Crippen LogP contribution in [0.5, 0.6) is 0 Å². The number of carbonyl (C=O) groups is 2. The Morgan fingerprint density at radius 3 is 2.43 bits per heavy atom. The fraction of sp³-hybridized carbons (Fsp3) is 0.360. The average molecular weight is 478 g/mol. The minimum absolute atomic E-state index is 0.00226. The number of carbonyl (C=O) groups excluding carboxylic acids is 1. The van der Waals surface area contributed by atoms with E-state index in [1.165, 1.54) is 0 Å². The van der Waals surface area contributed by atoms with Gasteiger partial charge in [-0.05, 0) is 55.7 Å². The molecule has 2 aromatic carbocycles. The molecule has 1 aliphatic heterocycles. The number of nitrogens with zero attached hydrogens (tertiary/aromatic N) is 3. The molecule has 7 N–H and O–H groups in total. The summed E-state index contributed by atoms with van der Waals surface area (Å²) in [6.07, 6.45) is 1.96. The van der Waals surface area contributed by atoms with E-state index in [9.17, 15) is 14.7 Å². The van der Waals surface area contributed by atoms with Crippen LogP contribution in [0.25, 0.3) is 11.0 Å². The van der Waals surface area contributed by atoms with E-state index >= 15 is 0 Å². The van der Waals surface area contributed by atoms with E-state index < -0.39 is 17.9 Å². The zero-order valence-corrected chi connectivity index (χ0v) is 19.9. The van der Waals surface area contributed by atoms with Gasteiger partial charge in [0.05, 0.1) is 23.5 Å². The van der Waals surface area contributed by atoms with Crippen LogP contribution < -0.4 is 16.8 Å². The number of imidazole rings is 1. The molecule has 1 fully saturated rings. The first-order valence-corrected chi connectivity index (χ1v) is 11.6. The molecule has 184 valence electrons. The van der Waals surface area contributed by atoms with Crippen molar-refractivity contribution in [1.29, 1.82) is 5.41 Å². The number of hydrogen-bond acceptors (Lipinski definition) is 6. The van der Waals surface area contributed by atoms with E-state index in [1.807, 2.05) is 34.7 Å². The summed E-state index contributed by atoms with van der Waals surface area (Å²) in [6, 6.07) is 9.54. The number of carboxylic acids is 1. The Kier molecular flexibility index (Phi) is 6.74. The van der Waals surface area contributed by atoms with Crippen molar-refractivity contribution in [2.24, 2.45) is 18.5 Å². The molecule has 0 radical (unpaired) electrons. The Labute approximate surface area is 203 Å². The smallest absolute Gasteiger partial charge is 0.325 e. The number of fused-ring (bicyclic) bond motifs is 1. The number of nitrogens with one attached hydrogen (secondary N) is 2. The van der Waals surface area contributed by atoms with Gasteiger partial charge in [-0.3, -0.25) is 15.0 Å². The maximum absolute atomic E-state index is 13.1. The van der Waals surface area contributed by atoms with Crippen molar-refractivity contribution in [3.8, 4) is 0 Å². The lowest BCUT2D eigenvalue weighted by Gasteiger charge is -2.23. The van der Waals surface area contributed by atoms with Gasteiger partial charge in [0.2, 0.25) is 5.91 Å². The molecule has 3 aromatic rings. The molecule has 35 heavy (non-hydrogen) atoms. The minimum atomic E-state index is -1.31. The third-order valence-electron chi connectivity index (χ3n) is 6.70. The minimum Gasteiger partial charge on any atom is -0.480 e. The fourth-order valence-electron chi connectivity index (χ4n) is 4.62. The molecule has 1 aromatic heterocycles. The van der Waals surface area contributed by atoms with E-state index in [1.54, 1.807) is 25.1 Å². The van der Waals surface area contributed by atoms with E-state index in [-0.39, 0.29) is 11.7 Å². The van der Waals surface area contributed by atoms with E-state index in [2.05, 4.69) is 5.32 Å². The van der Waals surface area contributed by atoms with Crippen LogP contribution in [-0.2, 0) is 23.2 Å². The number of aliphatic carboxylic acids is 1. The van der Waals surface area contributed by atoms with Crippen molar-refractivity contribution >= 4 is 34.4 Å². The highest BCUT2D eigenvalue weighted by Gasteiger charge is 2.31. The molecule has 1 saturated heterocycles. The monoisotopic (exact) mass is 477 g/mol. The predicted molar refractivity (Wildman–Crippen MR) is 134 cm³/mol. The number of anilines is 1. The van der Waals surface area contributed by atoms with Crippen LogP contribution in [0.4, 0.5) is 5.69 Å². The lowest BCUT2D eigenvalue weighted by molar-refractivity contribution is -0.138. The Morgan fingerprint density at radius 1 is 1.17 bits per heavy atom. The molecule has 1 aliphatic rings. The van der Waals surface area contributed by atoms with E-state index in [0.29, 0.717) is 34.6 Å². The SMILES string of the molecule is C[C@H](C(=O)N1CCCC1)c1ccc2c(nc(CNc3ccc(C(=N)N)cc3)n2C)c1C(N)C(=O)O. The zero-order chi connectivity index (χ0) is 25.3. The van der Waals surface area contributed by atoms with Crippen molar-refractivity contribution in [2.45, 2.75) is 38.3 Å². The number of benzene rings is 2. The van der Waals surface area contributed by atoms with Gasteiger partial charge < -0.3 is 31.4 Å². The van der Waals surface area contributed by atoms with Gasteiger partial charge in [0.25, 0.3) is 0 Å². The first kappa shape index (κ1) is 24.2. The number of aromatic nitrogens is 2. The van der Waals surface area contributed by atoms with Gasteiger partial charge in [-0.2, -0.15) is 0 Å². The van der Waals surface area contributed by atoms with Crippen molar-refractivity contribution < 1.29 is 14.7 Å². The van der Waals surface area contributed by atoms with Crippen LogP contribution in [0.2, 0.25) is 0 Å². The lowest BCUT2D eigenvalue weighted by atomic mass is 9.90. The topological polar surface area (TPSA) is 163 Å². The Morgan fingerprint density at radius 2 is 1.83 bits per heavy atom. The summed E-state index contributed by atoms with van der Waals surface area (Å²) in [4.78, 5) is 31.6. The molecular weight excluding hydrogens is 446 g/mol. The lowest BCUT2D eigenvalue weighted by Crippen LogP contribution is -2.33. The number of amides is 1. The van der Waals surface area contributed by atoms with Crippen LogP contribution in [0.3, 0.4) is 0 Å². The molecule has 1 unspecified atom stereocenters. The van der Waals surface area contributed by atoms with Crippen LogP contribution in [0.1, 0.15) is 54.2 Å². The van der Waals surface area contributed by atoms with Gasteiger partial charge in [-0.25, -0.2) is 4.98 Å². The number of aryl methyl sites for hydroxylation is 1. The van der Waals surface area contributed by atoms with Crippen LogP contribution in [0.15, 0.2) is 36.4 Å². The summed E-state index contributed by atoms with van der Waals surface area (Å²) >= 11 is 0. The fourth-order valence-corrected chi connectivity index (χ4v) is 4.62. The number of likely N-dealkylation sites (tertiary alicyclic amines) is 1. The first-order valence-electron chi connectivity index (χ1n) is 11.6. The second kappa shape index (κ2) is 9.75. The van der Waals surface area contributed by atoms with Gasteiger partial charge in [0.15, 0.2) is 0 Å². The second-order valence-electron chi connectivity index (χ2n) is 8.94. The second-order valence-corrected chi connectivity index (χ2v) is 8.94. The molecular formula is C25H31N7O3. The molecule has 4 rings (SSSR count). The van der Waals surface area contributed by atoms with Gasteiger partial charge in [0, 0.05) is 37.0 Å². The highest BCUT2D eigenvalue weighted by Crippen LogP contribution is 2.33. The van der Waals surface area contributed by atoms with Crippen molar-refractivity contribution in [3.63, 3.8) is 0 Å². The largest absolute Gasteiger partial charge is 0.480 e. The molecule has 0 saturated carbocycles. The van der Waals surface area contributed by atoms with Gasteiger partial charge in [-0.1, -0.05) is 6.07 Å². The summed E-state index contributed by atoms with van der Waals surface area (Å²) in [5, 5.41) is 20.5. The number of carboxylic acid groups (broad SMARTS) is 1. The third-order valence-corrected chi connectivity index (χ3v) is 6.70. The number of amidine groups is 1. The summed E-state index contributed by atoms with van der Waals surface area (Å²) < 4.78 is 1.89. The molecule has 0 aliphatic carbocycles. The molecule has 10 heteroatoms. The van der Waals surface area contributed by atoms with Crippen LogP contribution in [-0.4, -0.2) is 50.4 Å². The number of hydrogen-bond donors (Lipinski definition) is 5. The van der Waals surface area contributed by atoms with Crippen molar-refractivity contribution in [1.82, 2.24) is 14.5 Å². The van der Waals surface area contributed by atoms with Gasteiger partial charge >= 0.3 is 5.97 Å². The normalized spacial score (nSPS) is 15.2. The number of nitrogen functional groups attached to an aromatic ring is 1. The highest BCUT2D eigenvalue weighted by atomic mass is 16.4. The standard InChI is InChI=1S/C25H31N7O3/c1-14(24(33)32-11-3-4-12-32)17-9-10-18-22(20(17)21(26)25(34)35)30-19(31(18)2)13-29-16-7-5-15(6-8-16)23(27)28/h5-10,14,21,29H,3-4,11-13,26H2,1-2H3,(H3,27,28)(H,34,35)/t14-,21?/m0/s1. The summed E-state index contributed by atoms with van der Waals surface area (Å²) in [5.41, 5.74) is 15.3. The highest BCUT2D eigenvalue weighted by molar-refractivity contribution is 5.95. The first-order chi connectivity index (χ1) is 16.7. The summed E-state index contributed by atoms with van der Waals surface area (Å²) in [5.74, 6) is -1.03. The summed E-state index contributed by atoms with van der Waals surface area (Å²) in [6.45, 7) is 3.62. The molecule has 2 atom stereocenters. The van der Waals surface area contributed by atoms with E-state index in [0.717, 1.165) is 37.1 Å². The maximum atomic E-state index is 13.1. The van der Waals surface area contributed by atoms with Crippen LogP contribution in [0, 0.1) is 5.41 Å². The van der Waals surface area contributed by atoms with Crippen LogP contribution >= 0.6 is 0 Å². The predicted octanol–water partition coefficient (Wildman–Crippen LogP) is 2.28. The van der Waals surface area contributed by atoms with Crippen molar-refractivity contribution in [2.75, 3.05) is 18.4 Å². The van der Waals surface area contributed by atoms with Gasteiger partial charge in [0.1, 0.15) is 17.7 Å². The maximum Gasteiger partial charge on any atom is 0.325 e. The molecule has 10 nitrogen and oxygen atoms in total. The molecule has 2 heterocycles. The Balaban J connectivity index is 1.69. The quantitative estimate of drug-likeness (QED) is 0.245. The summed E-state index contributed by atoms with van der Waals surface area (Å²) in [7, 11) is 1.86. The molecule has 1 amide bonds. The van der Waals surface area contributed by atoms with E-state index in [4.69, 9.17) is 21.9 Å². The number of nitrogens with two attached hydrogens (primary N) is 2. The third kappa shape index (κ3) is 4.69.